The van der Waals surface area contributed by atoms with Crippen molar-refractivity contribution < 1.29 is 15.0 Å². The summed E-state index contributed by atoms with van der Waals surface area (Å²) in [4.78, 5) is 11.1. The number of Topliss-reactive ketones (excluding diaryl/α,β-unsaturated/α-hetero) is 1. The average molecular weight is 217 g/mol. The fourth-order valence-corrected chi connectivity index (χ4v) is 1.65. The van der Waals surface area contributed by atoms with Gasteiger partial charge in [-0.25, -0.2) is 0 Å². The highest BCUT2D eigenvalue weighted by molar-refractivity contribution is 5.78. The first kappa shape index (κ1) is 14.6. The summed E-state index contributed by atoms with van der Waals surface area (Å²) in [5.41, 5.74) is 0. The maximum absolute atomic E-state index is 11.1. The van der Waals surface area contributed by atoms with E-state index in [-0.39, 0.29) is 17.7 Å². The lowest BCUT2D eigenvalue weighted by Gasteiger charge is -2.31. The van der Waals surface area contributed by atoms with E-state index in [0.717, 1.165) is 0 Å². The van der Waals surface area contributed by atoms with E-state index in [1.807, 2.05) is 13.8 Å². The van der Waals surface area contributed by atoms with Gasteiger partial charge in [-0.2, -0.15) is 0 Å². The van der Waals surface area contributed by atoms with Gasteiger partial charge in [-0.3, -0.25) is 4.79 Å². The third-order valence-corrected chi connectivity index (χ3v) is 2.92. The molecule has 0 aliphatic carbocycles. The molecule has 4 atom stereocenters. The second-order valence-corrected chi connectivity index (χ2v) is 4.44. The van der Waals surface area contributed by atoms with Crippen molar-refractivity contribution in [3.05, 3.63) is 0 Å². The molecule has 0 aliphatic heterocycles. The van der Waals surface area contributed by atoms with Gasteiger partial charge in [0.15, 0.2) is 0 Å². The second-order valence-electron chi connectivity index (χ2n) is 4.44. The molecule has 0 aromatic rings. The Labute approximate surface area is 91.7 Å². The van der Waals surface area contributed by atoms with Crippen molar-refractivity contribution in [1.82, 2.24) is 5.32 Å². The van der Waals surface area contributed by atoms with Crippen molar-refractivity contribution >= 4 is 5.78 Å². The van der Waals surface area contributed by atoms with Gasteiger partial charge >= 0.3 is 0 Å². The number of likely N-dealkylation sites (N-methyl/N-ethyl adjacent to an activating group) is 1. The van der Waals surface area contributed by atoms with E-state index in [4.69, 9.17) is 0 Å². The summed E-state index contributed by atoms with van der Waals surface area (Å²) in [6, 6.07) is -0.207. The largest absolute Gasteiger partial charge is 0.390 e. The average Bonchev–Trinajstić information content (AvgIpc) is 2.15. The molecule has 0 aromatic heterocycles. The van der Waals surface area contributed by atoms with Gasteiger partial charge in [-0.15, -0.1) is 0 Å². The van der Waals surface area contributed by atoms with Crippen molar-refractivity contribution in [3.8, 4) is 0 Å². The minimum absolute atomic E-state index is 0.111. The van der Waals surface area contributed by atoms with Gasteiger partial charge in [0.1, 0.15) is 5.78 Å². The molecule has 0 spiro atoms. The summed E-state index contributed by atoms with van der Waals surface area (Å²) in [5.74, 6) is -0.450. The lowest BCUT2D eigenvalue weighted by molar-refractivity contribution is -0.127. The number of rotatable bonds is 6. The standard InChI is InChI=1S/C11H23NO3/c1-6(2)9(12-5)11(15)10(14)7(3)8(4)13/h6-7,9-12,14-15H,1-5H3. The van der Waals surface area contributed by atoms with Crippen LogP contribution < -0.4 is 5.32 Å². The highest BCUT2D eigenvalue weighted by Crippen LogP contribution is 2.15. The number of nitrogens with one attached hydrogen (secondary N) is 1. The van der Waals surface area contributed by atoms with E-state index in [2.05, 4.69) is 5.32 Å². The van der Waals surface area contributed by atoms with Gasteiger partial charge in [-0.05, 0) is 19.9 Å². The molecule has 4 nitrogen and oxygen atoms in total. The lowest BCUT2D eigenvalue weighted by atomic mass is 9.88. The van der Waals surface area contributed by atoms with Crippen LogP contribution in [0.15, 0.2) is 0 Å². The van der Waals surface area contributed by atoms with Crippen LogP contribution in [0.4, 0.5) is 0 Å². The maximum Gasteiger partial charge on any atom is 0.135 e. The van der Waals surface area contributed by atoms with E-state index in [9.17, 15) is 15.0 Å². The van der Waals surface area contributed by atoms with Crippen molar-refractivity contribution in [3.63, 3.8) is 0 Å². The monoisotopic (exact) mass is 217 g/mol. The Morgan fingerprint density at radius 2 is 1.60 bits per heavy atom. The fourth-order valence-electron chi connectivity index (χ4n) is 1.65. The minimum Gasteiger partial charge on any atom is -0.390 e. The molecular formula is C11H23NO3. The number of carbonyl (C=O) groups excluding carboxylic acids is 1. The molecule has 0 heterocycles. The molecule has 0 aliphatic rings. The van der Waals surface area contributed by atoms with Crippen LogP contribution in [0.1, 0.15) is 27.7 Å². The number of ketones is 1. The molecule has 0 bridgehead atoms. The molecular weight excluding hydrogens is 194 g/mol. The van der Waals surface area contributed by atoms with Crippen LogP contribution in [0.25, 0.3) is 0 Å². The first-order valence-corrected chi connectivity index (χ1v) is 5.36. The third kappa shape index (κ3) is 3.89. The Kier molecular flexibility index (Phi) is 6.02. The van der Waals surface area contributed by atoms with Gasteiger partial charge < -0.3 is 15.5 Å². The Balaban J connectivity index is 4.53. The first-order chi connectivity index (χ1) is 6.82. The Bertz CT molecular complexity index is 206. The number of carbonyl (C=O) groups is 1. The first-order valence-electron chi connectivity index (χ1n) is 5.36. The van der Waals surface area contributed by atoms with Crippen molar-refractivity contribution in [1.29, 1.82) is 0 Å². The van der Waals surface area contributed by atoms with Crippen LogP contribution in [0, 0.1) is 11.8 Å². The van der Waals surface area contributed by atoms with Crippen LogP contribution in [0.3, 0.4) is 0 Å². The minimum atomic E-state index is -1.01. The van der Waals surface area contributed by atoms with Crippen LogP contribution in [-0.4, -0.2) is 41.3 Å². The normalized spacial score (nSPS) is 19.7. The van der Waals surface area contributed by atoms with E-state index < -0.39 is 18.1 Å². The van der Waals surface area contributed by atoms with Crippen LogP contribution in [0.5, 0.6) is 0 Å². The van der Waals surface area contributed by atoms with Gasteiger partial charge in [0.05, 0.1) is 12.2 Å². The quantitative estimate of drug-likeness (QED) is 0.593. The van der Waals surface area contributed by atoms with E-state index in [1.165, 1.54) is 6.92 Å². The number of hydrogen-bond acceptors (Lipinski definition) is 4. The maximum atomic E-state index is 11.1. The third-order valence-electron chi connectivity index (χ3n) is 2.92. The molecule has 0 rings (SSSR count). The molecule has 4 unspecified atom stereocenters. The van der Waals surface area contributed by atoms with Crippen LogP contribution in [-0.2, 0) is 4.79 Å². The van der Waals surface area contributed by atoms with E-state index in [1.54, 1.807) is 14.0 Å². The Hall–Kier alpha value is -0.450. The number of aliphatic hydroxyl groups is 2. The number of aliphatic hydroxyl groups excluding tert-OH is 2. The molecule has 0 amide bonds. The summed E-state index contributed by atoms with van der Waals surface area (Å²) in [7, 11) is 1.74. The Morgan fingerprint density at radius 3 is 1.87 bits per heavy atom. The molecule has 0 fully saturated rings. The zero-order valence-corrected chi connectivity index (χ0v) is 10.2. The van der Waals surface area contributed by atoms with Crippen molar-refractivity contribution in [2.24, 2.45) is 11.8 Å². The summed E-state index contributed by atoms with van der Waals surface area (Å²) >= 11 is 0. The summed E-state index contributed by atoms with van der Waals surface area (Å²) < 4.78 is 0. The molecule has 0 saturated carbocycles. The molecule has 3 N–H and O–H groups in total. The van der Waals surface area contributed by atoms with Crippen molar-refractivity contribution in [2.75, 3.05) is 7.05 Å². The Morgan fingerprint density at radius 1 is 1.13 bits per heavy atom. The molecule has 0 saturated heterocycles. The second kappa shape index (κ2) is 6.20. The van der Waals surface area contributed by atoms with Gasteiger partial charge in [-0.1, -0.05) is 20.8 Å². The predicted octanol–water partition coefficient (Wildman–Crippen LogP) is 0.177. The lowest BCUT2D eigenvalue weighted by Crippen LogP contribution is -2.50. The topological polar surface area (TPSA) is 69.6 Å². The highest BCUT2D eigenvalue weighted by atomic mass is 16.3. The predicted molar refractivity (Wildman–Crippen MR) is 59.5 cm³/mol. The molecule has 0 aromatic carbocycles. The summed E-state index contributed by atoms with van der Waals surface area (Å²) in [6.07, 6.45) is -1.93. The van der Waals surface area contributed by atoms with E-state index in [0.29, 0.717) is 0 Å². The van der Waals surface area contributed by atoms with Crippen molar-refractivity contribution in [2.45, 2.75) is 45.9 Å². The molecule has 0 radical (unpaired) electrons. The van der Waals surface area contributed by atoms with Gasteiger partial charge in [0.2, 0.25) is 0 Å². The molecule has 4 heteroatoms. The van der Waals surface area contributed by atoms with Gasteiger partial charge in [0.25, 0.3) is 0 Å². The van der Waals surface area contributed by atoms with Gasteiger partial charge in [0, 0.05) is 12.0 Å². The summed E-state index contributed by atoms with van der Waals surface area (Å²) in [6.45, 7) is 6.96. The fraction of sp³-hybridized carbons (Fsp3) is 0.909. The zero-order chi connectivity index (χ0) is 12.2. The molecule has 90 valence electrons. The molecule has 15 heavy (non-hydrogen) atoms. The smallest absolute Gasteiger partial charge is 0.135 e. The zero-order valence-electron chi connectivity index (χ0n) is 10.2. The van der Waals surface area contributed by atoms with Crippen LogP contribution in [0.2, 0.25) is 0 Å². The summed E-state index contributed by atoms with van der Waals surface area (Å²) in [5, 5.41) is 22.7. The highest BCUT2D eigenvalue weighted by Gasteiger charge is 2.32. The number of hydrogen-bond donors (Lipinski definition) is 3. The SMILES string of the molecule is CNC(C(C)C)C(O)C(O)C(C)C(C)=O. The van der Waals surface area contributed by atoms with E-state index >= 15 is 0 Å². The van der Waals surface area contributed by atoms with Crippen LogP contribution >= 0.6 is 0 Å².